The highest BCUT2D eigenvalue weighted by molar-refractivity contribution is 6.04. The molecule has 3 heteroatoms. The number of nitrogens with zero attached hydrogens (tertiary/aromatic N) is 1. The summed E-state index contributed by atoms with van der Waals surface area (Å²) in [5.74, 6) is 0.0938. The average molecular weight is 255 g/mol. The van der Waals surface area contributed by atoms with E-state index in [1.54, 1.807) is 12.1 Å². The molecule has 1 aromatic rings. The summed E-state index contributed by atoms with van der Waals surface area (Å²) in [5, 5.41) is 9.76. The van der Waals surface area contributed by atoms with Gasteiger partial charge in [-0.25, -0.2) is 0 Å². The first kappa shape index (κ1) is 13.3. The van der Waals surface area contributed by atoms with E-state index in [1.165, 1.54) is 0 Å². The van der Waals surface area contributed by atoms with Crippen molar-refractivity contribution in [2.45, 2.75) is 26.2 Å². The van der Waals surface area contributed by atoms with Crippen molar-refractivity contribution in [1.82, 2.24) is 0 Å². The molecule has 1 aromatic carbocycles. The standard InChI is InChI=1S/C16H17NO2/c1-11-5-3-4-8-17-16(11)12(2)13-6-7-14(10-18)15(19)9-13/h4-10,12,19H,3H2,1-2H3. The molecule has 0 aliphatic carbocycles. The fraction of sp³-hybridized carbons (Fsp3) is 0.250. The summed E-state index contributed by atoms with van der Waals surface area (Å²) in [5.41, 5.74) is 3.40. The van der Waals surface area contributed by atoms with Gasteiger partial charge in [0.1, 0.15) is 5.75 Å². The zero-order chi connectivity index (χ0) is 13.8. The highest BCUT2D eigenvalue weighted by atomic mass is 16.3. The number of phenols is 1. The molecular formula is C16H17NO2. The van der Waals surface area contributed by atoms with Gasteiger partial charge in [0.25, 0.3) is 0 Å². The number of phenolic OH excluding ortho intramolecular Hbond substituents is 1. The van der Waals surface area contributed by atoms with E-state index >= 15 is 0 Å². The molecule has 1 heterocycles. The van der Waals surface area contributed by atoms with Gasteiger partial charge in [0.05, 0.1) is 11.3 Å². The van der Waals surface area contributed by atoms with Gasteiger partial charge in [-0.3, -0.25) is 9.79 Å². The number of hydrogen-bond donors (Lipinski definition) is 1. The minimum Gasteiger partial charge on any atom is -0.507 e. The third-order valence-corrected chi connectivity index (χ3v) is 3.37. The maximum Gasteiger partial charge on any atom is 0.153 e. The quantitative estimate of drug-likeness (QED) is 0.839. The lowest BCUT2D eigenvalue weighted by Gasteiger charge is -2.16. The minimum absolute atomic E-state index is 0.0192. The molecule has 3 nitrogen and oxygen atoms in total. The molecule has 0 radical (unpaired) electrons. The van der Waals surface area contributed by atoms with Crippen LogP contribution in [-0.4, -0.2) is 17.1 Å². The van der Waals surface area contributed by atoms with Crippen LogP contribution in [0.15, 0.2) is 47.1 Å². The van der Waals surface area contributed by atoms with Gasteiger partial charge < -0.3 is 5.11 Å². The fourth-order valence-corrected chi connectivity index (χ4v) is 2.19. The van der Waals surface area contributed by atoms with Crippen LogP contribution >= 0.6 is 0 Å². The summed E-state index contributed by atoms with van der Waals surface area (Å²) in [7, 11) is 0. The van der Waals surface area contributed by atoms with Crippen molar-refractivity contribution in [2.75, 3.05) is 0 Å². The van der Waals surface area contributed by atoms with Crippen LogP contribution in [0.25, 0.3) is 0 Å². The Morgan fingerprint density at radius 1 is 1.42 bits per heavy atom. The normalized spacial score (nSPS) is 16.3. The monoisotopic (exact) mass is 255 g/mol. The summed E-state index contributed by atoms with van der Waals surface area (Å²) in [4.78, 5) is 15.2. The van der Waals surface area contributed by atoms with E-state index in [0.717, 1.165) is 23.3 Å². The van der Waals surface area contributed by atoms with Crippen LogP contribution in [0.5, 0.6) is 5.75 Å². The molecule has 0 aromatic heterocycles. The van der Waals surface area contributed by atoms with Crippen molar-refractivity contribution >= 4 is 12.0 Å². The highest BCUT2D eigenvalue weighted by Gasteiger charge is 2.16. The second-order valence-electron chi connectivity index (χ2n) is 4.68. The number of carbonyl (C=O) groups excluding carboxylic acids is 1. The minimum atomic E-state index is 0.0192. The first-order valence-electron chi connectivity index (χ1n) is 6.31. The van der Waals surface area contributed by atoms with Crippen molar-refractivity contribution in [3.63, 3.8) is 0 Å². The zero-order valence-corrected chi connectivity index (χ0v) is 11.1. The number of rotatable bonds is 3. The number of aliphatic imine (C=N–C) groups is 1. The molecule has 0 bridgehead atoms. The molecule has 1 N–H and O–H groups in total. The van der Waals surface area contributed by atoms with Gasteiger partial charge in [0.2, 0.25) is 0 Å². The predicted octanol–water partition coefficient (Wildman–Crippen LogP) is 3.61. The Morgan fingerprint density at radius 3 is 2.89 bits per heavy atom. The van der Waals surface area contributed by atoms with Gasteiger partial charge in [-0.15, -0.1) is 0 Å². The Bertz CT molecular complexity index is 582. The summed E-state index contributed by atoms with van der Waals surface area (Å²) in [6.07, 6.45) is 7.51. The van der Waals surface area contributed by atoms with Crippen LogP contribution in [0, 0.1) is 0 Å². The predicted molar refractivity (Wildman–Crippen MR) is 76.9 cm³/mol. The number of carbonyl (C=O) groups is 1. The Kier molecular flexibility index (Phi) is 3.95. The summed E-state index contributed by atoms with van der Waals surface area (Å²) in [6.45, 7) is 4.09. The SMILES string of the molecule is CC1=CCC=CN=C1C(C)c1ccc(C=O)c(O)c1. The molecular weight excluding hydrogens is 238 g/mol. The topological polar surface area (TPSA) is 49.7 Å². The van der Waals surface area contributed by atoms with Crippen LogP contribution in [0.4, 0.5) is 0 Å². The first-order valence-corrected chi connectivity index (χ1v) is 6.31. The van der Waals surface area contributed by atoms with E-state index in [2.05, 4.69) is 11.1 Å². The molecule has 1 unspecified atom stereocenters. The third kappa shape index (κ3) is 2.81. The maximum atomic E-state index is 10.7. The van der Waals surface area contributed by atoms with Crippen molar-refractivity contribution in [2.24, 2.45) is 4.99 Å². The number of aromatic hydroxyl groups is 1. The molecule has 1 atom stereocenters. The molecule has 19 heavy (non-hydrogen) atoms. The molecule has 2 rings (SSSR count). The zero-order valence-electron chi connectivity index (χ0n) is 11.1. The van der Waals surface area contributed by atoms with Gasteiger partial charge in [-0.1, -0.05) is 25.1 Å². The van der Waals surface area contributed by atoms with E-state index in [0.29, 0.717) is 11.8 Å². The number of allylic oxidation sites excluding steroid dienone is 3. The molecule has 0 saturated carbocycles. The van der Waals surface area contributed by atoms with Gasteiger partial charge in [0.15, 0.2) is 6.29 Å². The van der Waals surface area contributed by atoms with E-state index in [9.17, 15) is 9.90 Å². The average Bonchev–Trinajstić information content (AvgIpc) is 2.62. The van der Waals surface area contributed by atoms with E-state index < -0.39 is 0 Å². The van der Waals surface area contributed by atoms with Crippen LogP contribution < -0.4 is 0 Å². The number of aldehydes is 1. The maximum absolute atomic E-state index is 10.7. The summed E-state index contributed by atoms with van der Waals surface area (Å²) >= 11 is 0. The van der Waals surface area contributed by atoms with Gasteiger partial charge in [-0.05, 0) is 36.6 Å². The lowest BCUT2D eigenvalue weighted by molar-refractivity contribution is 0.112. The Labute approximate surface area is 113 Å². The van der Waals surface area contributed by atoms with Crippen LogP contribution in [0.2, 0.25) is 0 Å². The molecule has 1 aliphatic heterocycles. The second kappa shape index (κ2) is 5.65. The van der Waals surface area contributed by atoms with Crippen LogP contribution in [-0.2, 0) is 0 Å². The van der Waals surface area contributed by atoms with Crippen molar-refractivity contribution < 1.29 is 9.90 Å². The van der Waals surface area contributed by atoms with Crippen molar-refractivity contribution in [1.29, 1.82) is 0 Å². The number of benzene rings is 1. The van der Waals surface area contributed by atoms with Gasteiger partial charge in [0, 0.05) is 12.1 Å². The van der Waals surface area contributed by atoms with E-state index in [4.69, 9.17) is 0 Å². The smallest absolute Gasteiger partial charge is 0.153 e. The lowest BCUT2D eigenvalue weighted by atomic mass is 9.91. The third-order valence-electron chi connectivity index (χ3n) is 3.37. The Hall–Kier alpha value is -2.16. The fourth-order valence-electron chi connectivity index (χ4n) is 2.19. The van der Waals surface area contributed by atoms with Crippen LogP contribution in [0.1, 0.15) is 42.1 Å². The molecule has 0 saturated heterocycles. The highest BCUT2D eigenvalue weighted by Crippen LogP contribution is 2.27. The molecule has 0 amide bonds. The molecule has 98 valence electrons. The van der Waals surface area contributed by atoms with E-state index in [-0.39, 0.29) is 11.7 Å². The number of hydrogen-bond acceptors (Lipinski definition) is 3. The lowest BCUT2D eigenvalue weighted by Crippen LogP contribution is -2.10. The Morgan fingerprint density at radius 2 is 2.21 bits per heavy atom. The van der Waals surface area contributed by atoms with Crippen molar-refractivity contribution in [3.8, 4) is 5.75 Å². The van der Waals surface area contributed by atoms with E-state index in [1.807, 2.05) is 32.2 Å². The summed E-state index contributed by atoms with van der Waals surface area (Å²) < 4.78 is 0. The largest absolute Gasteiger partial charge is 0.507 e. The van der Waals surface area contributed by atoms with Gasteiger partial charge in [-0.2, -0.15) is 0 Å². The summed E-state index contributed by atoms with van der Waals surface area (Å²) in [6, 6.07) is 5.14. The first-order chi connectivity index (χ1) is 9.13. The molecule has 0 spiro atoms. The van der Waals surface area contributed by atoms with Gasteiger partial charge >= 0.3 is 0 Å². The second-order valence-corrected chi connectivity index (χ2v) is 4.68. The van der Waals surface area contributed by atoms with Crippen LogP contribution in [0.3, 0.4) is 0 Å². The molecule has 1 aliphatic rings. The Balaban J connectivity index is 2.36. The van der Waals surface area contributed by atoms with Crippen molar-refractivity contribution in [3.05, 3.63) is 53.3 Å². The molecule has 0 fully saturated rings.